The third-order valence-corrected chi connectivity index (χ3v) is 3.90. The minimum absolute atomic E-state index is 0.351. The van der Waals surface area contributed by atoms with E-state index < -0.39 is 10.7 Å². The van der Waals surface area contributed by atoms with E-state index in [0.29, 0.717) is 12.3 Å². The van der Waals surface area contributed by atoms with Gasteiger partial charge >= 0.3 is 5.97 Å². The summed E-state index contributed by atoms with van der Waals surface area (Å²) >= 11 is 1.41. The van der Waals surface area contributed by atoms with E-state index in [0.717, 1.165) is 5.56 Å². The Morgan fingerprint density at radius 3 is 2.31 bits per heavy atom. The summed E-state index contributed by atoms with van der Waals surface area (Å²) in [5.41, 5.74) is 0.878. The fraction of sp³-hybridized carbons (Fsp3) is 0.462. The number of benzene rings is 1. The number of thioether (sulfide) groups is 1. The Morgan fingerprint density at radius 1 is 1.38 bits per heavy atom. The van der Waals surface area contributed by atoms with Crippen molar-refractivity contribution >= 4 is 17.7 Å². The highest BCUT2D eigenvalue weighted by Gasteiger charge is 2.39. The lowest BCUT2D eigenvalue weighted by atomic mass is 9.89. The van der Waals surface area contributed by atoms with Gasteiger partial charge in [0.15, 0.2) is 0 Å². The molecule has 0 fully saturated rings. The van der Waals surface area contributed by atoms with Crippen LogP contribution in [0.15, 0.2) is 30.3 Å². The third kappa shape index (κ3) is 2.59. The first kappa shape index (κ1) is 13.1. The molecule has 0 saturated carbocycles. The van der Waals surface area contributed by atoms with Gasteiger partial charge in [-0.2, -0.15) is 0 Å². The number of hydrogen-bond acceptors (Lipinski definition) is 2. The van der Waals surface area contributed by atoms with Gasteiger partial charge in [0.1, 0.15) is 4.75 Å². The molecule has 0 aliphatic carbocycles. The number of carboxylic acid groups (broad SMARTS) is 1. The van der Waals surface area contributed by atoms with Crippen LogP contribution in [0.25, 0.3) is 0 Å². The molecule has 1 atom stereocenters. The smallest absolute Gasteiger partial charge is 0.324 e. The summed E-state index contributed by atoms with van der Waals surface area (Å²) in [5, 5.41) is 9.51. The van der Waals surface area contributed by atoms with Crippen molar-refractivity contribution in [1.29, 1.82) is 0 Å². The summed E-state index contributed by atoms with van der Waals surface area (Å²) in [6.07, 6.45) is 2.51. The molecule has 1 rings (SSSR count). The fourth-order valence-corrected chi connectivity index (χ4v) is 2.95. The summed E-state index contributed by atoms with van der Waals surface area (Å²) in [7, 11) is 0. The molecule has 0 aliphatic rings. The van der Waals surface area contributed by atoms with Crippen molar-refractivity contribution in [3.63, 3.8) is 0 Å². The average molecular weight is 238 g/mol. The molecule has 0 bridgehead atoms. The lowest BCUT2D eigenvalue weighted by molar-refractivity contribution is -0.140. The maximum Gasteiger partial charge on any atom is 0.324 e. The largest absolute Gasteiger partial charge is 0.480 e. The summed E-state index contributed by atoms with van der Waals surface area (Å²) in [4.78, 5) is 11.6. The number of carbonyl (C=O) groups is 1. The molecule has 0 spiro atoms. The number of rotatable bonds is 5. The molecular formula is C13H18O2S. The van der Waals surface area contributed by atoms with Crippen molar-refractivity contribution in [1.82, 2.24) is 0 Å². The van der Waals surface area contributed by atoms with E-state index in [9.17, 15) is 9.90 Å². The monoisotopic (exact) mass is 238 g/mol. The van der Waals surface area contributed by atoms with E-state index >= 15 is 0 Å². The van der Waals surface area contributed by atoms with Gasteiger partial charge in [-0.25, -0.2) is 0 Å². The van der Waals surface area contributed by atoms with E-state index in [-0.39, 0.29) is 0 Å². The fourth-order valence-electron chi connectivity index (χ4n) is 1.90. The minimum atomic E-state index is -0.810. The summed E-state index contributed by atoms with van der Waals surface area (Å²) in [6, 6.07) is 9.49. The van der Waals surface area contributed by atoms with Crippen LogP contribution in [0.2, 0.25) is 0 Å². The van der Waals surface area contributed by atoms with Crippen molar-refractivity contribution in [2.24, 2.45) is 5.92 Å². The van der Waals surface area contributed by atoms with Crippen molar-refractivity contribution in [2.45, 2.75) is 25.0 Å². The predicted octanol–water partition coefficient (Wildman–Crippen LogP) is 3.38. The highest BCUT2D eigenvalue weighted by atomic mass is 32.2. The maximum absolute atomic E-state index is 11.6. The number of carboxylic acids is 1. The molecule has 16 heavy (non-hydrogen) atoms. The van der Waals surface area contributed by atoms with Crippen LogP contribution in [0, 0.1) is 5.92 Å². The van der Waals surface area contributed by atoms with Crippen molar-refractivity contribution in [3.8, 4) is 0 Å². The van der Waals surface area contributed by atoms with E-state index in [2.05, 4.69) is 13.8 Å². The van der Waals surface area contributed by atoms with Crippen LogP contribution < -0.4 is 0 Å². The highest BCUT2D eigenvalue weighted by molar-refractivity contribution is 8.00. The zero-order valence-electron chi connectivity index (χ0n) is 9.93. The molecule has 1 N–H and O–H groups in total. The molecule has 0 aromatic heterocycles. The van der Waals surface area contributed by atoms with Crippen LogP contribution >= 0.6 is 11.8 Å². The zero-order valence-corrected chi connectivity index (χ0v) is 10.8. The van der Waals surface area contributed by atoms with Crippen LogP contribution in [0.1, 0.15) is 25.8 Å². The van der Waals surface area contributed by atoms with Crippen LogP contribution in [-0.2, 0) is 9.54 Å². The Bertz CT molecular complexity index is 348. The maximum atomic E-state index is 11.6. The topological polar surface area (TPSA) is 37.3 Å². The minimum Gasteiger partial charge on any atom is -0.480 e. The standard InChI is InChI=1S/C13H18O2S/c1-10(2)9-13(16-3,12(14)15)11-7-5-4-6-8-11/h4-8,10H,9H2,1-3H3,(H,14,15). The molecule has 0 amide bonds. The lowest BCUT2D eigenvalue weighted by Gasteiger charge is -2.29. The zero-order chi connectivity index (χ0) is 12.2. The first-order valence-corrected chi connectivity index (χ1v) is 6.59. The van der Waals surface area contributed by atoms with Gasteiger partial charge in [-0.3, -0.25) is 4.79 Å². The van der Waals surface area contributed by atoms with E-state index in [4.69, 9.17) is 0 Å². The Hall–Kier alpha value is -0.960. The van der Waals surface area contributed by atoms with Crippen LogP contribution in [0.3, 0.4) is 0 Å². The first-order chi connectivity index (χ1) is 7.53. The number of aliphatic carboxylic acids is 1. The van der Waals surface area contributed by atoms with Gasteiger partial charge < -0.3 is 5.11 Å². The second-order valence-corrected chi connectivity index (χ2v) is 5.41. The van der Waals surface area contributed by atoms with Gasteiger partial charge in [0.2, 0.25) is 0 Å². The van der Waals surface area contributed by atoms with E-state index in [1.54, 1.807) is 0 Å². The molecule has 1 aromatic rings. The van der Waals surface area contributed by atoms with Gasteiger partial charge in [-0.1, -0.05) is 44.2 Å². The Labute approximate surface area is 101 Å². The second kappa shape index (κ2) is 5.39. The summed E-state index contributed by atoms with van der Waals surface area (Å²) in [6.45, 7) is 4.10. The quantitative estimate of drug-likeness (QED) is 0.854. The predicted molar refractivity (Wildman–Crippen MR) is 68.7 cm³/mol. The number of hydrogen-bond donors (Lipinski definition) is 1. The van der Waals surface area contributed by atoms with Gasteiger partial charge in [0.25, 0.3) is 0 Å². The molecule has 0 heterocycles. The summed E-state index contributed by atoms with van der Waals surface area (Å²) in [5.74, 6) is -0.399. The molecule has 1 unspecified atom stereocenters. The molecule has 2 nitrogen and oxygen atoms in total. The van der Waals surface area contributed by atoms with Gasteiger partial charge in [-0.05, 0) is 24.2 Å². The second-order valence-electron chi connectivity index (χ2n) is 4.30. The van der Waals surface area contributed by atoms with Gasteiger partial charge in [-0.15, -0.1) is 11.8 Å². The van der Waals surface area contributed by atoms with Crippen molar-refractivity contribution < 1.29 is 9.90 Å². The van der Waals surface area contributed by atoms with Gasteiger partial charge in [0, 0.05) is 0 Å². The summed E-state index contributed by atoms with van der Waals surface area (Å²) < 4.78 is -0.810. The van der Waals surface area contributed by atoms with E-state index in [1.165, 1.54) is 11.8 Å². The Kier molecular flexibility index (Phi) is 4.42. The van der Waals surface area contributed by atoms with Crippen LogP contribution in [0.4, 0.5) is 0 Å². The molecule has 1 aromatic carbocycles. The SMILES string of the molecule is CSC(CC(C)C)(C(=O)O)c1ccccc1. The molecule has 0 radical (unpaired) electrons. The van der Waals surface area contributed by atoms with Gasteiger partial charge in [0.05, 0.1) is 0 Å². The van der Waals surface area contributed by atoms with E-state index in [1.807, 2.05) is 36.6 Å². The van der Waals surface area contributed by atoms with Crippen LogP contribution in [0.5, 0.6) is 0 Å². The van der Waals surface area contributed by atoms with Crippen molar-refractivity contribution in [2.75, 3.05) is 6.26 Å². The first-order valence-electron chi connectivity index (χ1n) is 5.37. The van der Waals surface area contributed by atoms with Crippen molar-refractivity contribution in [3.05, 3.63) is 35.9 Å². The molecular weight excluding hydrogens is 220 g/mol. The third-order valence-electron chi connectivity index (χ3n) is 2.63. The molecule has 0 aliphatic heterocycles. The lowest BCUT2D eigenvalue weighted by Crippen LogP contribution is -2.33. The highest BCUT2D eigenvalue weighted by Crippen LogP contribution is 2.40. The molecule has 3 heteroatoms. The average Bonchev–Trinajstić information content (AvgIpc) is 2.26. The molecule has 0 saturated heterocycles. The molecule has 88 valence electrons. The normalized spacial score (nSPS) is 14.8. The Morgan fingerprint density at radius 2 is 1.94 bits per heavy atom. The van der Waals surface area contributed by atoms with Crippen LogP contribution in [-0.4, -0.2) is 17.3 Å². The Balaban J connectivity index is 3.18.